The topological polar surface area (TPSA) is 49.0 Å². The van der Waals surface area contributed by atoms with Gasteiger partial charge in [0.25, 0.3) is 5.91 Å². The monoisotopic (exact) mass is 217 g/mol. The average molecular weight is 217 g/mol. The molecule has 4 heteroatoms. The highest BCUT2D eigenvalue weighted by atomic mass is 16.2. The second-order valence-corrected chi connectivity index (χ2v) is 3.61. The van der Waals surface area contributed by atoms with E-state index in [1.807, 2.05) is 36.9 Å². The second-order valence-electron chi connectivity index (χ2n) is 3.61. The molecule has 1 aromatic heterocycles. The van der Waals surface area contributed by atoms with E-state index in [-0.39, 0.29) is 5.91 Å². The Labute approximate surface area is 94.3 Å². The standard InChI is InChI=1S/C12H15N3O/c1-3-15(4-2)12(16)9-6-5-7-11-10(9)8-13-14-11/h5-8H,3-4H2,1-2H3,(H,13,14). The quantitative estimate of drug-likeness (QED) is 0.855. The van der Waals surface area contributed by atoms with Gasteiger partial charge in [0.1, 0.15) is 0 Å². The molecule has 0 spiro atoms. The van der Waals surface area contributed by atoms with Crippen LogP contribution in [0.4, 0.5) is 0 Å². The van der Waals surface area contributed by atoms with Gasteiger partial charge < -0.3 is 4.90 Å². The zero-order chi connectivity index (χ0) is 11.5. The lowest BCUT2D eigenvalue weighted by Gasteiger charge is -2.18. The third kappa shape index (κ3) is 1.66. The molecule has 2 aromatic rings. The van der Waals surface area contributed by atoms with Crippen molar-refractivity contribution in [3.05, 3.63) is 30.0 Å². The highest BCUT2D eigenvalue weighted by Gasteiger charge is 2.15. The van der Waals surface area contributed by atoms with Crippen molar-refractivity contribution in [3.63, 3.8) is 0 Å². The summed E-state index contributed by atoms with van der Waals surface area (Å²) in [5.41, 5.74) is 1.62. The number of amides is 1. The van der Waals surface area contributed by atoms with Crippen LogP contribution in [0.15, 0.2) is 24.4 Å². The smallest absolute Gasteiger partial charge is 0.254 e. The molecule has 16 heavy (non-hydrogen) atoms. The fourth-order valence-electron chi connectivity index (χ4n) is 1.84. The number of fused-ring (bicyclic) bond motifs is 1. The average Bonchev–Trinajstić information content (AvgIpc) is 2.78. The molecule has 0 radical (unpaired) electrons. The van der Waals surface area contributed by atoms with Crippen molar-refractivity contribution in [1.82, 2.24) is 15.1 Å². The van der Waals surface area contributed by atoms with E-state index < -0.39 is 0 Å². The van der Waals surface area contributed by atoms with Crippen LogP contribution in [0.25, 0.3) is 10.9 Å². The van der Waals surface area contributed by atoms with Gasteiger partial charge in [-0.15, -0.1) is 0 Å². The van der Waals surface area contributed by atoms with Crippen LogP contribution in [0.1, 0.15) is 24.2 Å². The number of nitrogens with one attached hydrogen (secondary N) is 1. The van der Waals surface area contributed by atoms with Crippen LogP contribution < -0.4 is 0 Å². The number of aromatic amines is 1. The Hall–Kier alpha value is -1.84. The summed E-state index contributed by atoms with van der Waals surface area (Å²) in [5.74, 6) is 0.0667. The Kier molecular flexibility index (Phi) is 2.90. The van der Waals surface area contributed by atoms with Gasteiger partial charge in [0.2, 0.25) is 0 Å². The first-order chi connectivity index (χ1) is 7.77. The molecule has 1 amide bonds. The molecule has 4 nitrogen and oxygen atoms in total. The Morgan fingerprint density at radius 2 is 2.12 bits per heavy atom. The van der Waals surface area contributed by atoms with Crippen LogP contribution in [-0.4, -0.2) is 34.1 Å². The predicted octanol–water partition coefficient (Wildman–Crippen LogP) is 2.04. The lowest BCUT2D eigenvalue weighted by atomic mass is 10.1. The number of carbonyl (C=O) groups excluding carboxylic acids is 1. The number of rotatable bonds is 3. The van der Waals surface area contributed by atoms with E-state index in [1.165, 1.54) is 0 Å². The molecule has 84 valence electrons. The van der Waals surface area contributed by atoms with Crippen LogP contribution in [-0.2, 0) is 0 Å². The maximum Gasteiger partial charge on any atom is 0.254 e. The molecule has 0 fully saturated rings. The first kappa shape index (κ1) is 10.7. The zero-order valence-corrected chi connectivity index (χ0v) is 9.53. The number of carbonyl (C=O) groups is 1. The third-order valence-electron chi connectivity index (χ3n) is 2.77. The van der Waals surface area contributed by atoms with Crippen molar-refractivity contribution in [2.45, 2.75) is 13.8 Å². The van der Waals surface area contributed by atoms with Gasteiger partial charge in [-0.2, -0.15) is 5.10 Å². The van der Waals surface area contributed by atoms with E-state index in [1.54, 1.807) is 6.20 Å². The second kappa shape index (κ2) is 4.35. The molecule has 0 bridgehead atoms. The van der Waals surface area contributed by atoms with Crippen molar-refractivity contribution in [3.8, 4) is 0 Å². The normalized spacial score (nSPS) is 10.6. The van der Waals surface area contributed by atoms with Crippen molar-refractivity contribution >= 4 is 16.8 Å². The van der Waals surface area contributed by atoms with Gasteiger partial charge in [-0.1, -0.05) is 6.07 Å². The van der Waals surface area contributed by atoms with Crippen LogP contribution in [0.2, 0.25) is 0 Å². The minimum Gasteiger partial charge on any atom is -0.339 e. The molecule has 1 N–H and O–H groups in total. The largest absolute Gasteiger partial charge is 0.339 e. The van der Waals surface area contributed by atoms with Crippen molar-refractivity contribution in [2.75, 3.05) is 13.1 Å². The molecule has 1 heterocycles. The highest BCUT2D eigenvalue weighted by Crippen LogP contribution is 2.17. The maximum absolute atomic E-state index is 12.2. The van der Waals surface area contributed by atoms with Crippen LogP contribution in [0.3, 0.4) is 0 Å². The fourth-order valence-corrected chi connectivity index (χ4v) is 1.84. The van der Waals surface area contributed by atoms with Crippen molar-refractivity contribution in [2.24, 2.45) is 0 Å². The number of hydrogen-bond donors (Lipinski definition) is 1. The van der Waals surface area contributed by atoms with E-state index in [4.69, 9.17) is 0 Å². The number of benzene rings is 1. The highest BCUT2D eigenvalue weighted by molar-refractivity contribution is 6.05. The van der Waals surface area contributed by atoms with E-state index in [2.05, 4.69) is 10.2 Å². The molecule has 0 unspecified atom stereocenters. The summed E-state index contributed by atoms with van der Waals surface area (Å²) in [7, 11) is 0. The Balaban J connectivity index is 2.46. The van der Waals surface area contributed by atoms with Crippen LogP contribution in [0, 0.1) is 0 Å². The third-order valence-corrected chi connectivity index (χ3v) is 2.77. The van der Waals surface area contributed by atoms with E-state index in [0.717, 1.165) is 29.6 Å². The summed E-state index contributed by atoms with van der Waals surface area (Å²) in [5, 5.41) is 7.72. The number of H-pyrrole nitrogens is 1. The first-order valence-corrected chi connectivity index (χ1v) is 5.49. The van der Waals surface area contributed by atoms with Crippen LogP contribution >= 0.6 is 0 Å². The van der Waals surface area contributed by atoms with Gasteiger partial charge in [0.05, 0.1) is 17.3 Å². The van der Waals surface area contributed by atoms with Crippen LogP contribution in [0.5, 0.6) is 0 Å². The van der Waals surface area contributed by atoms with E-state index >= 15 is 0 Å². The molecule has 0 saturated carbocycles. The molecule has 0 atom stereocenters. The zero-order valence-electron chi connectivity index (χ0n) is 9.53. The van der Waals surface area contributed by atoms with Gasteiger partial charge in [-0.3, -0.25) is 9.89 Å². The van der Waals surface area contributed by atoms with Gasteiger partial charge >= 0.3 is 0 Å². The molecular weight excluding hydrogens is 202 g/mol. The van der Waals surface area contributed by atoms with E-state index in [9.17, 15) is 4.79 Å². The number of aromatic nitrogens is 2. The molecule has 0 saturated heterocycles. The lowest BCUT2D eigenvalue weighted by Crippen LogP contribution is -2.30. The van der Waals surface area contributed by atoms with Gasteiger partial charge in [-0.25, -0.2) is 0 Å². The van der Waals surface area contributed by atoms with Crippen molar-refractivity contribution < 1.29 is 4.79 Å². The van der Waals surface area contributed by atoms with Gasteiger partial charge in [0.15, 0.2) is 0 Å². The Morgan fingerprint density at radius 3 is 2.81 bits per heavy atom. The molecule has 2 rings (SSSR count). The summed E-state index contributed by atoms with van der Waals surface area (Å²) < 4.78 is 0. The number of nitrogens with zero attached hydrogens (tertiary/aromatic N) is 2. The minimum absolute atomic E-state index is 0.0667. The SMILES string of the molecule is CCN(CC)C(=O)c1cccc2[nH]ncc12. The van der Waals surface area contributed by atoms with Crippen molar-refractivity contribution in [1.29, 1.82) is 0 Å². The molecule has 0 aliphatic carbocycles. The molecule has 0 aliphatic heterocycles. The maximum atomic E-state index is 12.2. The fraction of sp³-hybridized carbons (Fsp3) is 0.333. The van der Waals surface area contributed by atoms with Gasteiger partial charge in [-0.05, 0) is 26.0 Å². The Morgan fingerprint density at radius 1 is 1.38 bits per heavy atom. The first-order valence-electron chi connectivity index (χ1n) is 5.49. The lowest BCUT2D eigenvalue weighted by molar-refractivity contribution is 0.0775. The summed E-state index contributed by atoms with van der Waals surface area (Å²) in [6, 6.07) is 5.64. The molecule has 0 aliphatic rings. The Bertz CT molecular complexity index is 500. The summed E-state index contributed by atoms with van der Waals surface area (Å²) in [6.07, 6.45) is 1.70. The molecule has 1 aromatic carbocycles. The summed E-state index contributed by atoms with van der Waals surface area (Å²) in [4.78, 5) is 14.0. The van der Waals surface area contributed by atoms with Gasteiger partial charge in [0, 0.05) is 18.5 Å². The molecular formula is C12H15N3O. The van der Waals surface area contributed by atoms with E-state index in [0.29, 0.717) is 0 Å². The minimum atomic E-state index is 0.0667. The number of hydrogen-bond acceptors (Lipinski definition) is 2. The summed E-state index contributed by atoms with van der Waals surface area (Å²) in [6.45, 7) is 5.42. The predicted molar refractivity (Wildman–Crippen MR) is 63.3 cm³/mol. The summed E-state index contributed by atoms with van der Waals surface area (Å²) >= 11 is 0.